The molecule has 0 saturated heterocycles. The molecule has 0 unspecified atom stereocenters. The highest BCUT2D eigenvalue weighted by Crippen LogP contribution is 2.15. The molecule has 0 radical (unpaired) electrons. The molecule has 0 aliphatic rings. The number of nitrogens with zero attached hydrogens (tertiary/aromatic N) is 1. The lowest BCUT2D eigenvalue weighted by molar-refractivity contribution is 0.0717. The van der Waals surface area contributed by atoms with Crippen LogP contribution in [0.4, 0.5) is 0 Å². The van der Waals surface area contributed by atoms with E-state index in [0.717, 1.165) is 16.7 Å². The van der Waals surface area contributed by atoms with E-state index < -0.39 is 0 Å². The summed E-state index contributed by atoms with van der Waals surface area (Å²) in [6, 6.07) is 6.12. The van der Waals surface area contributed by atoms with Crippen molar-refractivity contribution < 1.29 is 4.79 Å². The minimum absolute atomic E-state index is 0.0712. The Hall–Kier alpha value is -1.02. The predicted molar refractivity (Wildman–Crippen MR) is 72.8 cm³/mol. The summed E-state index contributed by atoms with van der Waals surface area (Å²) in [4.78, 5) is 14.2. The summed E-state index contributed by atoms with van der Waals surface area (Å²) in [7, 11) is 0. The van der Waals surface area contributed by atoms with Gasteiger partial charge in [-0.3, -0.25) is 4.79 Å². The molecule has 0 N–H and O–H groups in total. The average molecular weight is 254 g/mol. The van der Waals surface area contributed by atoms with Gasteiger partial charge in [-0.25, -0.2) is 0 Å². The third-order valence-electron chi connectivity index (χ3n) is 2.83. The molecule has 0 heterocycles. The van der Waals surface area contributed by atoms with Crippen molar-refractivity contribution in [1.29, 1.82) is 0 Å². The summed E-state index contributed by atoms with van der Waals surface area (Å²) < 4.78 is 0. The number of hydrogen-bond acceptors (Lipinski definition) is 1. The van der Waals surface area contributed by atoms with E-state index in [0.29, 0.717) is 12.4 Å². The van der Waals surface area contributed by atoms with Crippen molar-refractivity contribution in [3.05, 3.63) is 34.9 Å². The molecule has 17 heavy (non-hydrogen) atoms. The Morgan fingerprint density at radius 2 is 2.00 bits per heavy atom. The molecule has 0 bridgehead atoms. The first-order valence-corrected chi connectivity index (χ1v) is 6.45. The summed E-state index contributed by atoms with van der Waals surface area (Å²) in [5.41, 5.74) is 2.90. The predicted octanol–water partition coefficient (Wildman–Crippen LogP) is 3.39. The van der Waals surface area contributed by atoms with Crippen LogP contribution in [0.15, 0.2) is 18.2 Å². The number of rotatable bonds is 4. The molecule has 0 spiro atoms. The van der Waals surface area contributed by atoms with Gasteiger partial charge in [0.05, 0.1) is 0 Å². The van der Waals surface area contributed by atoms with Crippen molar-refractivity contribution in [2.45, 2.75) is 33.7 Å². The standard InChI is InChI=1S/C14H20ClNO/c1-10(2)16(8-7-15)14(17)13-9-11(3)5-6-12(13)4/h5-6,9-10H,7-8H2,1-4H3. The number of halogens is 1. The normalized spacial score (nSPS) is 10.7. The molecule has 0 aliphatic carbocycles. The molecule has 0 aromatic heterocycles. The molecular formula is C14H20ClNO. The van der Waals surface area contributed by atoms with Gasteiger partial charge in [0.1, 0.15) is 0 Å². The molecule has 1 aromatic carbocycles. The van der Waals surface area contributed by atoms with Crippen molar-refractivity contribution in [1.82, 2.24) is 4.90 Å². The molecule has 0 fully saturated rings. The van der Waals surface area contributed by atoms with Crippen LogP contribution in [-0.2, 0) is 0 Å². The smallest absolute Gasteiger partial charge is 0.254 e. The number of alkyl halides is 1. The van der Waals surface area contributed by atoms with E-state index in [1.165, 1.54) is 0 Å². The zero-order chi connectivity index (χ0) is 13.0. The second-order valence-electron chi connectivity index (χ2n) is 4.60. The second-order valence-corrected chi connectivity index (χ2v) is 4.98. The number of benzene rings is 1. The minimum Gasteiger partial charge on any atom is -0.335 e. The Morgan fingerprint density at radius 3 is 2.53 bits per heavy atom. The fourth-order valence-electron chi connectivity index (χ4n) is 1.81. The third-order valence-corrected chi connectivity index (χ3v) is 3.00. The van der Waals surface area contributed by atoms with Gasteiger partial charge < -0.3 is 4.90 Å². The third kappa shape index (κ3) is 3.47. The van der Waals surface area contributed by atoms with Crippen LogP contribution in [0.3, 0.4) is 0 Å². The van der Waals surface area contributed by atoms with Gasteiger partial charge in [-0.05, 0) is 39.3 Å². The van der Waals surface area contributed by atoms with Crippen LogP contribution < -0.4 is 0 Å². The topological polar surface area (TPSA) is 20.3 Å². The van der Waals surface area contributed by atoms with Gasteiger partial charge in [0.15, 0.2) is 0 Å². The Morgan fingerprint density at radius 1 is 1.35 bits per heavy atom. The van der Waals surface area contributed by atoms with Crippen LogP contribution in [0, 0.1) is 13.8 Å². The average Bonchev–Trinajstić information content (AvgIpc) is 2.28. The fourth-order valence-corrected chi connectivity index (χ4v) is 1.99. The van der Waals surface area contributed by atoms with Crippen LogP contribution >= 0.6 is 11.6 Å². The van der Waals surface area contributed by atoms with E-state index in [1.54, 1.807) is 0 Å². The van der Waals surface area contributed by atoms with Crippen molar-refractivity contribution in [2.75, 3.05) is 12.4 Å². The summed E-state index contributed by atoms with van der Waals surface area (Å²) >= 11 is 5.75. The zero-order valence-corrected chi connectivity index (χ0v) is 11.7. The molecule has 1 aromatic rings. The van der Waals surface area contributed by atoms with Gasteiger partial charge in [0, 0.05) is 24.0 Å². The summed E-state index contributed by atoms with van der Waals surface area (Å²) in [6.45, 7) is 8.57. The lowest BCUT2D eigenvalue weighted by atomic mass is 10.0. The SMILES string of the molecule is Cc1ccc(C)c(C(=O)N(CCCl)C(C)C)c1. The van der Waals surface area contributed by atoms with Crippen LogP contribution in [0.1, 0.15) is 35.3 Å². The summed E-state index contributed by atoms with van der Waals surface area (Å²) in [5.74, 6) is 0.538. The molecule has 0 aliphatic heterocycles. The molecule has 0 saturated carbocycles. The monoisotopic (exact) mass is 253 g/mol. The number of carbonyl (C=O) groups excluding carboxylic acids is 1. The highest BCUT2D eigenvalue weighted by molar-refractivity contribution is 6.18. The van der Waals surface area contributed by atoms with E-state index in [1.807, 2.05) is 50.8 Å². The van der Waals surface area contributed by atoms with Gasteiger partial charge >= 0.3 is 0 Å². The number of aryl methyl sites for hydroxylation is 2. The molecule has 1 amide bonds. The number of amides is 1. The maximum atomic E-state index is 12.4. The van der Waals surface area contributed by atoms with Gasteiger partial charge in [-0.1, -0.05) is 17.7 Å². The molecular weight excluding hydrogens is 234 g/mol. The van der Waals surface area contributed by atoms with E-state index >= 15 is 0 Å². The lowest BCUT2D eigenvalue weighted by Crippen LogP contribution is -2.38. The second kappa shape index (κ2) is 6.06. The van der Waals surface area contributed by atoms with Crippen molar-refractivity contribution in [3.63, 3.8) is 0 Å². The van der Waals surface area contributed by atoms with E-state index in [2.05, 4.69) is 0 Å². The quantitative estimate of drug-likeness (QED) is 0.754. The van der Waals surface area contributed by atoms with Gasteiger partial charge in [-0.15, -0.1) is 11.6 Å². The molecule has 3 heteroatoms. The van der Waals surface area contributed by atoms with Crippen molar-refractivity contribution in [2.24, 2.45) is 0 Å². The van der Waals surface area contributed by atoms with Gasteiger partial charge in [-0.2, -0.15) is 0 Å². The zero-order valence-electron chi connectivity index (χ0n) is 11.0. The highest BCUT2D eigenvalue weighted by atomic mass is 35.5. The Bertz CT molecular complexity index is 401. The van der Waals surface area contributed by atoms with E-state index in [9.17, 15) is 4.79 Å². The van der Waals surface area contributed by atoms with E-state index in [-0.39, 0.29) is 11.9 Å². The minimum atomic E-state index is 0.0712. The number of hydrogen-bond donors (Lipinski definition) is 0. The summed E-state index contributed by atoms with van der Waals surface area (Å²) in [5, 5.41) is 0. The molecule has 0 atom stereocenters. The maximum Gasteiger partial charge on any atom is 0.254 e. The molecule has 94 valence electrons. The van der Waals surface area contributed by atoms with E-state index in [4.69, 9.17) is 11.6 Å². The lowest BCUT2D eigenvalue weighted by Gasteiger charge is -2.26. The Labute approximate surface area is 109 Å². The maximum absolute atomic E-state index is 12.4. The Kier molecular flexibility index (Phi) is 5.01. The van der Waals surface area contributed by atoms with Crippen molar-refractivity contribution >= 4 is 17.5 Å². The first kappa shape index (κ1) is 14.0. The first-order valence-electron chi connectivity index (χ1n) is 5.91. The number of carbonyl (C=O) groups is 1. The highest BCUT2D eigenvalue weighted by Gasteiger charge is 2.19. The van der Waals surface area contributed by atoms with Crippen LogP contribution in [0.2, 0.25) is 0 Å². The van der Waals surface area contributed by atoms with Gasteiger partial charge in [0.2, 0.25) is 0 Å². The van der Waals surface area contributed by atoms with Crippen molar-refractivity contribution in [3.8, 4) is 0 Å². The molecule has 1 rings (SSSR count). The van der Waals surface area contributed by atoms with Crippen LogP contribution in [0.25, 0.3) is 0 Å². The Balaban J connectivity index is 3.04. The largest absolute Gasteiger partial charge is 0.335 e. The van der Waals surface area contributed by atoms with Crippen LogP contribution in [0.5, 0.6) is 0 Å². The fraction of sp³-hybridized carbons (Fsp3) is 0.500. The van der Waals surface area contributed by atoms with Gasteiger partial charge in [0.25, 0.3) is 5.91 Å². The summed E-state index contributed by atoms with van der Waals surface area (Å²) in [6.07, 6.45) is 0. The van der Waals surface area contributed by atoms with Crippen LogP contribution in [-0.4, -0.2) is 29.3 Å². The molecule has 2 nitrogen and oxygen atoms in total. The first-order chi connectivity index (χ1) is 7.97.